The van der Waals surface area contributed by atoms with Crippen LogP contribution in [0.1, 0.15) is 45.2 Å². The third-order valence-corrected chi connectivity index (χ3v) is 4.31. The molecule has 0 atom stereocenters. The van der Waals surface area contributed by atoms with Crippen LogP contribution in [0.2, 0.25) is 0 Å². The lowest BCUT2D eigenvalue weighted by atomic mass is 10.2. The van der Waals surface area contributed by atoms with Crippen LogP contribution in [0.5, 0.6) is 0 Å². The standard InChI is InChI=1S/C15H17IN2O3/c1-15(2,3)20-14(19)21-18-12(9-6-7-9)11(16)10-5-4-8-17-13(10)18/h4-5,8-9H,6-7H2,1-3H3. The van der Waals surface area contributed by atoms with Gasteiger partial charge in [0.2, 0.25) is 0 Å². The molecule has 0 saturated heterocycles. The van der Waals surface area contributed by atoms with Crippen molar-refractivity contribution in [3.63, 3.8) is 0 Å². The van der Waals surface area contributed by atoms with Crippen LogP contribution in [0.15, 0.2) is 18.3 Å². The van der Waals surface area contributed by atoms with Crippen LogP contribution in [0.3, 0.4) is 0 Å². The van der Waals surface area contributed by atoms with E-state index in [0.29, 0.717) is 11.6 Å². The molecule has 5 nitrogen and oxygen atoms in total. The number of hydrogen-bond acceptors (Lipinski definition) is 4. The average molecular weight is 400 g/mol. The first kappa shape index (κ1) is 14.6. The van der Waals surface area contributed by atoms with Crippen LogP contribution in [-0.4, -0.2) is 21.5 Å². The van der Waals surface area contributed by atoms with Gasteiger partial charge in [0.15, 0.2) is 5.65 Å². The molecular formula is C15H17IN2O3. The lowest BCUT2D eigenvalue weighted by molar-refractivity contribution is -0.0102. The number of carbonyl (C=O) groups excluding carboxylic acids is 1. The number of hydrogen-bond donors (Lipinski definition) is 0. The molecule has 1 saturated carbocycles. The first-order valence-electron chi connectivity index (χ1n) is 6.93. The van der Waals surface area contributed by atoms with E-state index in [-0.39, 0.29) is 0 Å². The van der Waals surface area contributed by atoms with E-state index >= 15 is 0 Å². The molecule has 6 heteroatoms. The van der Waals surface area contributed by atoms with Crippen molar-refractivity contribution in [2.75, 3.05) is 0 Å². The van der Waals surface area contributed by atoms with Crippen LogP contribution in [0, 0.1) is 3.57 Å². The minimum atomic E-state index is -0.705. The summed E-state index contributed by atoms with van der Waals surface area (Å²) in [5.41, 5.74) is 1.10. The van der Waals surface area contributed by atoms with Gasteiger partial charge >= 0.3 is 6.16 Å². The second-order valence-corrected chi connectivity index (χ2v) is 7.28. The number of aromatic nitrogens is 2. The Bertz CT molecular complexity index is 699. The monoisotopic (exact) mass is 400 g/mol. The molecule has 2 aromatic heterocycles. The van der Waals surface area contributed by atoms with E-state index < -0.39 is 11.8 Å². The third-order valence-electron chi connectivity index (χ3n) is 3.18. The number of ether oxygens (including phenoxy) is 1. The van der Waals surface area contributed by atoms with E-state index in [1.807, 2.05) is 32.9 Å². The molecule has 0 radical (unpaired) electrons. The zero-order chi connectivity index (χ0) is 15.2. The van der Waals surface area contributed by atoms with Crippen LogP contribution in [-0.2, 0) is 4.74 Å². The van der Waals surface area contributed by atoms with E-state index in [9.17, 15) is 4.79 Å². The topological polar surface area (TPSA) is 53.4 Å². The van der Waals surface area contributed by atoms with Gasteiger partial charge in [-0.15, -0.1) is 0 Å². The summed E-state index contributed by atoms with van der Waals surface area (Å²) >= 11 is 2.30. The SMILES string of the molecule is CC(C)(C)OC(=O)On1c(C2CC2)c(I)c2cccnc21. The summed E-state index contributed by atoms with van der Waals surface area (Å²) in [7, 11) is 0. The number of halogens is 1. The predicted molar refractivity (Wildman–Crippen MR) is 87.2 cm³/mol. The Balaban J connectivity index is 2.00. The highest BCUT2D eigenvalue weighted by Crippen LogP contribution is 2.44. The van der Waals surface area contributed by atoms with Crippen molar-refractivity contribution in [3.8, 4) is 0 Å². The Morgan fingerprint density at radius 1 is 1.43 bits per heavy atom. The number of fused-ring (bicyclic) bond motifs is 1. The Labute approximate surface area is 136 Å². The maximum absolute atomic E-state index is 12.0. The number of rotatable bonds is 2. The Hall–Kier alpha value is -1.31. The van der Waals surface area contributed by atoms with Crippen LogP contribution in [0.25, 0.3) is 11.0 Å². The molecule has 0 spiro atoms. The van der Waals surface area contributed by atoms with Gasteiger partial charge in [-0.3, -0.25) is 4.84 Å². The fourth-order valence-electron chi connectivity index (χ4n) is 2.21. The molecule has 0 unspecified atom stereocenters. The first-order valence-corrected chi connectivity index (χ1v) is 8.01. The van der Waals surface area contributed by atoms with Crippen molar-refractivity contribution in [1.82, 2.24) is 9.71 Å². The Kier molecular flexibility index (Phi) is 3.59. The van der Waals surface area contributed by atoms with Crippen molar-refractivity contribution in [3.05, 3.63) is 27.6 Å². The summed E-state index contributed by atoms with van der Waals surface area (Å²) in [5.74, 6) is 0.438. The number of carbonyl (C=O) groups is 1. The van der Waals surface area contributed by atoms with Gasteiger partial charge in [0.05, 0.1) is 5.69 Å². The normalized spacial score (nSPS) is 15.2. The van der Waals surface area contributed by atoms with Gasteiger partial charge in [0, 0.05) is 21.1 Å². The molecule has 0 N–H and O–H groups in total. The lowest BCUT2D eigenvalue weighted by Gasteiger charge is -2.19. The Morgan fingerprint density at radius 3 is 2.76 bits per heavy atom. The van der Waals surface area contributed by atoms with Gasteiger partial charge in [0.25, 0.3) is 0 Å². The van der Waals surface area contributed by atoms with E-state index in [1.54, 1.807) is 10.9 Å². The second-order valence-electron chi connectivity index (χ2n) is 6.20. The maximum Gasteiger partial charge on any atom is 0.534 e. The molecule has 2 aromatic rings. The predicted octanol–water partition coefficient (Wildman–Crippen LogP) is 3.88. The van der Waals surface area contributed by atoms with Crippen LogP contribution in [0.4, 0.5) is 4.79 Å². The van der Waals surface area contributed by atoms with Crippen molar-refractivity contribution in [2.45, 2.75) is 45.1 Å². The highest BCUT2D eigenvalue weighted by Gasteiger charge is 2.33. The second kappa shape index (κ2) is 5.15. The summed E-state index contributed by atoms with van der Waals surface area (Å²) in [4.78, 5) is 21.8. The molecule has 1 fully saturated rings. The molecule has 0 aliphatic heterocycles. The molecule has 21 heavy (non-hydrogen) atoms. The summed E-state index contributed by atoms with van der Waals surface area (Å²) in [6, 6.07) is 3.88. The lowest BCUT2D eigenvalue weighted by Crippen LogP contribution is -2.30. The third kappa shape index (κ3) is 3.00. The number of pyridine rings is 1. The van der Waals surface area contributed by atoms with Crippen molar-refractivity contribution in [1.29, 1.82) is 0 Å². The van der Waals surface area contributed by atoms with Gasteiger partial charge in [0.1, 0.15) is 5.60 Å². The zero-order valence-corrected chi connectivity index (χ0v) is 14.4. The molecule has 112 valence electrons. The summed E-state index contributed by atoms with van der Waals surface area (Å²) in [6.07, 6.45) is 3.22. The highest BCUT2D eigenvalue weighted by atomic mass is 127. The van der Waals surface area contributed by atoms with Gasteiger partial charge < -0.3 is 4.74 Å². The molecule has 1 aliphatic rings. The van der Waals surface area contributed by atoms with Gasteiger partial charge in [-0.1, -0.05) is 0 Å². The minimum absolute atomic E-state index is 0.438. The molecule has 2 heterocycles. The minimum Gasteiger partial charge on any atom is -0.427 e. The quantitative estimate of drug-likeness (QED) is 0.567. The largest absolute Gasteiger partial charge is 0.534 e. The van der Waals surface area contributed by atoms with E-state index in [2.05, 4.69) is 27.6 Å². The summed E-state index contributed by atoms with van der Waals surface area (Å²) < 4.78 is 7.89. The fraction of sp³-hybridized carbons (Fsp3) is 0.467. The summed E-state index contributed by atoms with van der Waals surface area (Å²) in [5, 5.41) is 1.00. The van der Waals surface area contributed by atoms with Crippen LogP contribution >= 0.6 is 22.6 Å². The zero-order valence-electron chi connectivity index (χ0n) is 12.2. The van der Waals surface area contributed by atoms with E-state index in [1.165, 1.54) is 0 Å². The maximum atomic E-state index is 12.0. The van der Waals surface area contributed by atoms with Crippen molar-refractivity contribution >= 4 is 39.8 Å². The molecule has 1 aliphatic carbocycles. The molecule has 0 aromatic carbocycles. The summed E-state index contributed by atoms with van der Waals surface area (Å²) in [6.45, 7) is 5.43. The fourth-order valence-corrected chi connectivity index (χ4v) is 3.29. The average Bonchev–Trinajstić information content (AvgIpc) is 3.16. The molecule has 0 bridgehead atoms. The van der Waals surface area contributed by atoms with Crippen LogP contribution < -0.4 is 4.84 Å². The van der Waals surface area contributed by atoms with Gasteiger partial charge in [-0.05, 0) is 68.3 Å². The first-order chi connectivity index (χ1) is 9.87. The Morgan fingerprint density at radius 2 is 2.14 bits per heavy atom. The number of nitrogens with zero attached hydrogens (tertiary/aromatic N) is 2. The smallest absolute Gasteiger partial charge is 0.427 e. The van der Waals surface area contributed by atoms with Gasteiger partial charge in [-0.2, -0.15) is 4.73 Å². The van der Waals surface area contributed by atoms with Gasteiger partial charge in [-0.25, -0.2) is 9.78 Å². The van der Waals surface area contributed by atoms with E-state index in [4.69, 9.17) is 9.57 Å². The van der Waals surface area contributed by atoms with Crippen molar-refractivity contribution in [2.24, 2.45) is 0 Å². The highest BCUT2D eigenvalue weighted by molar-refractivity contribution is 14.1. The van der Waals surface area contributed by atoms with Crippen molar-refractivity contribution < 1.29 is 14.4 Å². The van der Waals surface area contributed by atoms with E-state index in [0.717, 1.165) is 27.5 Å². The molecular weight excluding hydrogens is 383 g/mol. The molecule has 0 amide bonds. The molecule has 3 rings (SSSR count).